The van der Waals surface area contributed by atoms with E-state index in [9.17, 15) is 4.79 Å². The minimum absolute atomic E-state index is 0.0642. The molecule has 4 nitrogen and oxygen atoms in total. The number of rotatable bonds is 8. The number of hydrogen-bond donors (Lipinski definition) is 2. The zero-order valence-electron chi connectivity index (χ0n) is 18.9. The summed E-state index contributed by atoms with van der Waals surface area (Å²) in [7, 11) is 2.07. The van der Waals surface area contributed by atoms with Crippen molar-refractivity contribution >= 4 is 11.6 Å². The van der Waals surface area contributed by atoms with Gasteiger partial charge in [0.25, 0.3) is 0 Å². The molecule has 166 valence electrons. The van der Waals surface area contributed by atoms with Crippen LogP contribution in [0, 0.1) is 17.8 Å². The summed E-state index contributed by atoms with van der Waals surface area (Å²) >= 11 is 0. The first-order chi connectivity index (χ1) is 15.1. The zero-order valence-corrected chi connectivity index (χ0v) is 18.9. The molecule has 4 rings (SSSR count). The van der Waals surface area contributed by atoms with E-state index in [1.165, 1.54) is 56.6 Å². The molecule has 1 saturated carbocycles. The Hall–Kier alpha value is -2.33. The standard InChI is InChI=1S/C27H36N2O2/c1-19(30)29-24-7-5-8-25(17-24)31-27-23(16-22-6-3-4-9-26(22)27)15-14-20-10-12-21(13-11-20)18-28-2/h3-9,17,20-21,23,27-28H,10-16,18H2,1-2H3,(H,29,30)/t20?,21?,23-,27+/m1/s1. The van der Waals surface area contributed by atoms with Gasteiger partial charge >= 0.3 is 0 Å². The molecular formula is C27H36N2O2. The summed E-state index contributed by atoms with van der Waals surface area (Å²) in [5.41, 5.74) is 3.54. The van der Waals surface area contributed by atoms with Crippen LogP contribution in [-0.4, -0.2) is 19.5 Å². The number of ether oxygens (including phenoxy) is 1. The number of nitrogens with one attached hydrogen (secondary N) is 2. The van der Waals surface area contributed by atoms with Gasteiger partial charge in [0.15, 0.2) is 0 Å². The smallest absolute Gasteiger partial charge is 0.221 e. The maximum atomic E-state index is 11.4. The van der Waals surface area contributed by atoms with E-state index in [0.717, 1.165) is 36.2 Å². The topological polar surface area (TPSA) is 50.4 Å². The van der Waals surface area contributed by atoms with Crippen molar-refractivity contribution < 1.29 is 9.53 Å². The monoisotopic (exact) mass is 420 g/mol. The molecule has 2 aromatic rings. The lowest BCUT2D eigenvalue weighted by Gasteiger charge is -2.30. The predicted molar refractivity (Wildman–Crippen MR) is 126 cm³/mol. The van der Waals surface area contributed by atoms with Crippen LogP contribution in [0.25, 0.3) is 0 Å². The Kier molecular flexibility index (Phi) is 7.29. The SMILES string of the molecule is CNCC1CCC(CC[C@@H]2Cc3ccccc3[C@H]2Oc2cccc(NC(C)=O)c2)CC1. The van der Waals surface area contributed by atoms with Crippen molar-refractivity contribution in [3.05, 3.63) is 59.7 Å². The molecule has 0 heterocycles. The highest BCUT2D eigenvalue weighted by Crippen LogP contribution is 2.43. The third kappa shape index (κ3) is 5.68. The summed E-state index contributed by atoms with van der Waals surface area (Å²) in [4.78, 5) is 11.4. The minimum Gasteiger partial charge on any atom is -0.485 e. The van der Waals surface area contributed by atoms with Gasteiger partial charge in [0.2, 0.25) is 5.91 Å². The van der Waals surface area contributed by atoms with Crippen LogP contribution in [-0.2, 0) is 11.2 Å². The van der Waals surface area contributed by atoms with Crippen molar-refractivity contribution in [3.63, 3.8) is 0 Å². The Morgan fingerprint density at radius 3 is 2.55 bits per heavy atom. The number of anilines is 1. The largest absolute Gasteiger partial charge is 0.485 e. The summed E-state index contributed by atoms with van der Waals surface area (Å²) in [6, 6.07) is 16.5. The number of hydrogen-bond acceptors (Lipinski definition) is 3. The van der Waals surface area contributed by atoms with E-state index in [4.69, 9.17) is 4.74 Å². The van der Waals surface area contributed by atoms with Gasteiger partial charge in [-0.15, -0.1) is 0 Å². The lowest BCUT2D eigenvalue weighted by Crippen LogP contribution is -2.24. The molecule has 4 heteroatoms. The Bertz CT molecular complexity index is 873. The fraction of sp³-hybridized carbons (Fsp3) is 0.519. The molecule has 2 N–H and O–H groups in total. The van der Waals surface area contributed by atoms with E-state index in [-0.39, 0.29) is 12.0 Å². The van der Waals surface area contributed by atoms with Crippen LogP contribution < -0.4 is 15.4 Å². The highest BCUT2D eigenvalue weighted by Gasteiger charge is 2.34. The van der Waals surface area contributed by atoms with Gasteiger partial charge in [-0.05, 0) is 74.4 Å². The summed E-state index contributed by atoms with van der Waals surface area (Å²) in [6.07, 6.45) is 9.18. The lowest BCUT2D eigenvalue weighted by atomic mass is 9.78. The number of carbonyl (C=O) groups excluding carboxylic acids is 1. The van der Waals surface area contributed by atoms with Gasteiger partial charge in [0, 0.05) is 24.6 Å². The van der Waals surface area contributed by atoms with Crippen LogP contribution in [0.15, 0.2) is 48.5 Å². The van der Waals surface area contributed by atoms with Crippen molar-refractivity contribution in [1.82, 2.24) is 5.32 Å². The van der Waals surface area contributed by atoms with Crippen molar-refractivity contribution in [2.75, 3.05) is 18.9 Å². The third-order valence-corrected chi connectivity index (χ3v) is 7.09. The Morgan fingerprint density at radius 2 is 1.77 bits per heavy atom. The lowest BCUT2D eigenvalue weighted by molar-refractivity contribution is -0.114. The van der Waals surface area contributed by atoms with E-state index in [1.807, 2.05) is 24.3 Å². The molecule has 2 aliphatic rings. The molecule has 0 aliphatic heterocycles. The summed E-state index contributed by atoms with van der Waals surface area (Å²) in [5, 5.41) is 6.20. The molecule has 1 amide bonds. The van der Waals surface area contributed by atoms with E-state index in [2.05, 4.69) is 41.9 Å². The maximum absolute atomic E-state index is 11.4. The molecule has 0 aromatic heterocycles. The Balaban J connectivity index is 1.41. The fourth-order valence-electron chi connectivity index (χ4n) is 5.51. The average molecular weight is 421 g/mol. The van der Waals surface area contributed by atoms with Gasteiger partial charge in [-0.25, -0.2) is 0 Å². The van der Waals surface area contributed by atoms with E-state index in [1.54, 1.807) is 0 Å². The van der Waals surface area contributed by atoms with Crippen LogP contribution >= 0.6 is 0 Å². The van der Waals surface area contributed by atoms with Crippen LogP contribution in [0.4, 0.5) is 5.69 Å². The molecule has 1 fully saturated rings. The second kappa shape index (κ2) is 10.3. The molecule has 0 unspecified atom stereocenters. The summed E-state index contributed by atoms with van der Waals surface area (Å²) in [5.74, 6) is 3.00. The highest BCUT2D eigenvalue weighted by molar-refractivity contribution is 5.88. The van der Waals surface area contributed by atoms with Gasteiger partial charge in [-0.2, -0.15) is 0 Å². The molecule has 2 atom stereocenters. The van der Waals surface area contributed by atoms with Crippen molar-refractivity contribution in [2.24, 2.45) is 17.8 Å². The Morgan fingerprint density at radius 1 is 1.00 bits per heavy atom. The van der Waals surface area contributed by atoms with Gasteiger partial charge in [0.05, 0.1) is 0 Å². The van der Waals surface area contributed by atoms with Crippen LogP contribution in [0.3, 0.4) is 0 Å². The van der Waals surface area contributed by atoms with Crippen LogP contribution in [0.5, 0.6) is 5.75 Å². The number of benzene rings is 2. The minimum atomic E-state index is -0.0642. The first kappa shape index (κ1) is 21.9. The normalized spacial score (nSPS) is 25.1. The molecule has 2 aromatic carbocycles. The molecule has 2 aliphatic carbocycles. The van der Waals surface area contributed by atoms with E-state index < -0.39 is 0 Å². The zero-order chi connectivity index (χ0) is 21.6. The highest BCUT2D eigenvalue weighted by atomic mass is 16.5. The first-order valence-electron chi connectivity index (χ1n) is 11.9. The first-order valence-corrected chi connectivity index (χ1v) is 11.9. The third-order valence-electron chi connectivity index (χ3n) is 7.09. The van der Waals surface area contributed by atoms with Crippen LogP contribution in [0.2, 0.25) is 0 Å². The second-order valence-electron chi connectivity index (χ2n) is 9.43. The maximum Gasteiger partial charge on any atom is 0.221 e. The number of carbonyl (C=O) groups is 1. The predicted octanol–water partition coefficient (Wildman–Crippen LogP) is 5.74. The number of fused-ring (bicyclic) bond motifs is 1. The van der Waals surface area contributed by atoms with Crippen molar-refractivity contribution in [2.45, 2.75) is 58.0 Å². The summed E-state index contributed by atoms with van der Waals surface area (Å²) in [6.45, 7) is 2.70. The van der Waals surface area contributed by atoms with E-state index in [0.29, 0.717) is 5.92 Å². The molecule has 0 radical (unpaired) electrons. The van der Waals surface area contributed by atoms with Gasteiger partial charge in [-0.1, -0.05) is 49.6 Å². The molecule has 0 bridgehead atoms. The second-order valence-corrected chi connectivity index (χ2v) is 9.43. The molecule has 31 heavy (non-hydrogen) atoms. The quantitative estimate of drug-likeness (QED) is 0.572. The summed E-state index contributed by atoms with van der Waals surface area (Å²) < 4.78 is 6.57. The number of amides is 1. The van der Waals surface area contributed by atoms with Gasteiger partial charge in [0.1, 0.15) is 11.9 Å². The van der Waals surface area contributed by atoms with Crippen LogP contribution in [0.1, 0.15) is 62.7 Å². The van der Waals surface area contributed by atoms with Crippen molar-refractivity contribution in [1.29, 1.82) is 0 Å². The van der Waals surface area contributed by atoms with Gasteiger partial charge in [-0.3, -0.25) is 4.79 Å². The average Bonchev–Trinajstić information content (AvgIpc) is 3.11. The van der Waals surface area contributed by atoms with Crippen molar-refractivity contribution in [3.8, 4) is 5.75 Å². The molecule has 0 saturated heterocycles. The van der Waals surface area contributed by atoms with E-state index >= 15 is 0 Å². The molecular weight excluding hydrogens is 384 g/mol. The van der Waals surface area contributed by atoms with Gasteiger partial charge < -0.3 is 15.4 Å². The fourth-order valence-corrected chi connectivity index (χ4v) is 5.51. The molecule has 0 spiro atoms. The Labute approximate surface area is 186 Å².